The maximum Gasteiger partial charge on any atom is 0.414 e. The van der Waals surface area contributed by atoms with Gasteiger partial charge in [-0.2, -0.15) is 0 Å². The van der Waals surface area contributed by atoms with Gasteiger partial charge in [0.15, 0.2) is 11.5 Å². The van der Waals surface area contributed by atoms with Crippen LogP contribution in [-0.4, -0.2) is 85.3 Å². The van der Waals surface area contributed by atoms with Crippen LogP contribution in [0.5, 0.6) is 17.4 Å². The molecule has 2 atom stereocenters. The highest BCUT2D eigenvalue weighted by atomic mass is 16.6. The van der Waals surface area contributed by atoms with Crippen molar-refractivity contribution in [3.05, 3.63) is 48.2 Å². The number of benzene rings is 2. The Morgan fingerprint density at radius 1 is 1.23 bits per heavy atom. The van der Waals surface area contributed by atoms with Crippen molar-refractivity contribution >= 4 is 22.8 Å². The molecule has 0 aliphatic carbocycles. The molecule has 1 fully saturated rings. The number of aliphatic hydroxyl groups is 1. The highest BCUT2D eigenvalue weighted by Gasteiger charge is 2.37. The van der Waals surface area contributed by atoms with E-state index in [1.54, 1.807) is 31.5 Å². The number of amides is 1. The number of methoxy groups -OCH3 is 1. The van der Waals surface area contributed by atoms with Crippen molar-refractivity contribution < 1.29 is 28.8 Å². The normalized spacial score (nSPS) is 18.1. The van der Waals surface area contributed by atoms with Gasteiger partial charge in [-0.15, -0.1) is 0 Å². The van der Waals surface area contributed by atoms with Crippen molar-refractivity contribution in [1.29, 1.82) is 0 Å². The molecule has 3 aromatic rings. The van der Waals surface area contributed by atoms with Crippen LogP contribution >= 0.6 is 0 Å². The van der Waals surface area contributed by atoms with Crippen LogP contribution in [0.4, 0.5) is 10.5 Å². The number of carbonyl (C=O) groups is 1. The highest BCUT2D eigenvalue weighted by molar-refractivity contribution is 5.90. The summed E-state index contributed by atoms with van der Waals surface area (Å²) in [5.41, 5.74) is 3.31. The fraction of sp³-hybridized carbons (Fsp3) is 0.400. The van der Waals surface area contributed by atoms with Crippen molar-refractivity contribution in [3.63, 3.8) is 0 Å². The Kier molecular flexibility index (Phi) is 6.56. The summed E-state index contributed by atoms with van der Waals surface area (Å²) in [5, 5.41) is 10.8. The van der Waals surface area contributed by atoms with Gasteiger partial charge in [0.2, 0.25) is 5.88 Å². The number of hydrogen-bond acceptors (Lipinski definition) is 9. The molecule has 5 rings (SSSR count). The lowest BCUT2D eigenvalue weighted by Crippen LogP contribution is -2.40. The number of cyclic esters (lactones) is 1. The Morgan fingerprint density at radius 3 is 2.89 bits per heavy atom. The molecule has 184 valence electrons. The SMILES string of the molecule is COc1cnc2cccc(CCN(C)CC(O)C3CN(c4ccc5c(c4)OCCO5)C(=O)O3)c2n1. The predicted molar refractivity (Wildman–Crippen MR) is 128 cm³/mol. The first-order valence-electron chi connectivity index (χ1n) is 11.5. The second-order valence-electron chi connectivity index (χ2n) is 8.64. The number of anilines is 1. The smallest absolute Gasteiger partial charge is 0.414 e. The number of carbonyl (C=O) groups excluding carboxylic acids is 1. The maximum absolute atomic E-state index is 12.5. The molecule has 0 radical (unpaired) electrons. The fourth-order valence-electron chi connectivity index (χ4n) is 4.31. The Balaban J connectivity index is 1.18. The minimum absolute atomic E-state index is 0.256. The number of likely N-dealkylation sites (N-methyl/N-ethyl adjacent to an activating group) is 1. The van der Waals surface area contributed by atoms with E-state index in [2.05, 4.69) is 9.97 Å². The van der Waals surface area contributed by atoms with Gasteiger partial charge in [-0.3, -0.25) is 4.90 Å². The summed E-state index contributed by atoms with van der Waals surface area (Å²) >= 11 is 0. The van der Waals surface area contributed by atoms with Crippen LogP contribution in [0, 0.1) is 0 Å². The number of aliphatic hydroxyl groups excluding tert-OH is 1. The molecule has 0 saturated carbocycles. The average Bonchev–Trinajstić information content (AvgIpc) is 3.28. The van der Waals surface area contributed by atoms with Gasteiger partial charge in [0.25, 0.3) is 0 Å². The molecule has 1 saturated heterocycles. The van der Waals surface area contributed by atoms with Gasteiger partial charge >= 0.3 is 6.09 Å². The van der Waals surface area contributed by atoms with Crippen LogP contribution in [0.15, 0.2) is 42.6 Å². The van der Waals surface area contributed by atoms with Crippen LogP contribution in [0.25, 0.3) is 11.0 Å². The molecule has 2 aliphatic rings. The van der Waals surface area contributed by atoms with Crippen LogP contribution < -0.4 is 19.1 Å². The second-order valence-corrected chi connectivity index (χ2v) is 8.64. The highest BCUT2D eigenvalue weighted by Crippen LogP contribution is 2.35. The Morgan fingerprint density at radius 2 is 2.06 bits per heavy atom. The van der Waals surface area contributed by atoms with Gasteiger partial charge in [0.1, 0.15) is 25.4 Å². The van der Waals surface area contributed by atoms with Crippen molar-refractivity contribution in [1.82, 2.24) is 14.9 Å². The number of nitrogens with zero attached hydrogens (tertiary/aromatic N) is 4. The molecule has 10 heteroatoms. The summed E-state index contributed by atoms with van der Waals surface area (Å²) in [7, 11) is 3.49. The number of hydrogen-bond donors (Lipinski definition) is 1. The van der Waals surface area contributed by atoms with Crippen molar-refractivity contribution in [2.24, 2.45) is 0 Å². The maximum atomic E-state index is 12.5. The van der Waals surface area contributed by atoms with Crippen LogP contribution in [0.3, 0.4) is 0 Å². The van der Waals surface area contributed by atoms with Gasteiger partial charge < -0.3 is 29.0 Å². The number of fused-ring (bicyclic) bond motifs is 2. The molecule has 10 nitrogen and oxygen atoms in total. The monoisotopic (exact) mass is 480 g/mol. The molecule has 35 heavy (non-hydrogen) atoms. The molecule has 2 aromatic carbocycles. The summed E-state index contributed by atoms with van der Waals surface area (Å²) in [6.45, 7) is 2.26. The third-order valence-electron chi connectivity index (χ3n) is 6.21. The lowest BCUT2D eigenvalue weighted by atomic mass is 10.1. The van der Waals surface area contributed by atoms with E-state index in [-0.39, 0.29) is 6.54 Å². The minimum Gasteiger partial charge on any atom is -0.486 e. The Bertz CT molecular complexity index is 1220. The van der Waals surface area contributed by atoms with E-state index in [1.807, 2.05) is 30.1 Å². The van der Waals surface area contributed by atoms with Gasteiger partial charge in [0.05, 0.1) is 36.6 Å². The number of ether oxygens (including phenoxy) is 4. The molecule has 1 N–H and O–H groups in total. The Hall–Kier alpha value is -3.63. The summed E-state index contributed by atoms with van der Waals surface area (Å²) in [4.78, 5) is 25.0. The van der Waals surface area contributed by atoms with Crippen molar-refractivity contribution in [2.45, 2.75) is 18.6 Å². The fourth-order valence-corrected chi connectivity index (χ4v) is 4.31. The second kappa shape index (κ2) is 9.93. The zero-order valence-corrected chi connectivity index (χ0v) is 19.7. The summed E-state index contributed by atoms with van der Waals surface area (Å²) in [6.07, 6.45) is 0.364. The molecule has 0 bridgehead atoms. The minimum atomic E-state index is -0.835. The molecule has 1 amide bonds. The summed E-state index contributed by atoms with van der Waals surface area (Å²) < 4.78 is 21.9. The molecular weight excluding hydrogens is 452 g/mol. The first kappa shape index (κ1) is 23.1. The quantitative estimate of drug-likeness (QED) is 0.520. The summed E-state index contributed by atoms with van der Waals surface area (Å²) in [6, 6.07) is 11.2. The average molecular weight is 481 g/mol. The number of para-hydroxylation sites is 1. The van der Waals surface area contributed by atoms with Crippen molar-refractivity contribution in [2.75, 3.05) is 51.9 Å². The zero-order valence-electron chi connectivity index (χ0n) is 19.7. The van der Waals surface area contributed by atoms with Crippen LogP contribution in [0.1, 0.15) is 5.56 Å². The van der Waals surface area contributed by atoms with E-state index >= 15 is 0 Å². The molecular formula is C25H28N4O6. The molecule has 2 aliphatic heterocycles. The third-order valence-corrected chi connectivity index (χ3v) is 6.21. The first-order chi connectivity index (χ1) is 17.0. The van der Waals surface area contributed by atoms with Crippen molar-refractivity contribution in [3.8, 4) is 17.4 Å². The van der Waals surface area contributed by atoms with E-state index in [0.29, 0.717) is 49.4 Å². The standard InChI is InChI=1S/C25H28N4O6/c1-28(9-8-16-4-3-5-18-24(16)27-23(32-2)13-26-18)14-19(30)22-15-29(25(31)35-22)17-6-7-20-21(12-17)34-11-10-33-20/h3-7,12-13,19,22,30H,8-11,14-15H2,1-2H3. The topological polar surface area (TPSA) is 106 Å². The van der Waals surface area contributed by atoms with E-state index < -0.39 is 18.3 Å². The third kappa shape index (κ3) is 4.94. The van der Waals surface area contributed by atoms with E-state index in [4.69, 9.17) is 18.9 Å². The predicted octanol–water partition coefficient (Wildman–Crippen LogP) is 2.27. The lowest BCUT2D eigenvalue weighted by Gasteiger charge is -2.23. The van der Waals surface area contributed by atoms with E-state index in [0.717, 1.165) is 23.0 Å². The van der Waals surface area contributed by atoms with E-state index in [9.17, 15) is 9.90 Å². The zero-order chi connectivity index (χ0) is 24.4. The Labute approximate surface area is 203 Å². The molecule has 2 unspecified atom stereocenters. The van der Waals surface area contributed by atoms with Gasteiger partial charge in [-0.1, -0.05) is 12.1 Å². The molecule has 0 spiro atoms. The summed E-state index contributed by atoms with van der Waals surface area (Å²) in [5.74, 6) is 1.72. The first-order valence-corrected chi connectivity index (χ1v) is 11.5. The van der Waals surface area contributed by atoms with Crippen LogP contribution in [0.2, 0.25) is 0 Å². The lowest BCUT2D eigenvalue weighted by molar-refractivity contribution is 0.0152. The van der Waals surface area contributed by atoms with Gasteiger partial charge in [0, 0.05) is 19.2 Å². The number of rotatable bonds is 8. The number of aromatic nitrogens is 2. The van der Waals surface area contributed by atoms with Gasteiger partial charge in [-0.25, -0.2) is 14.8 Å². The largest absolute Gasteiger partial charge is 0.486 e. The van der Waals surface area contributed by atoms with Gasteiger partial charge in [-0.05, 0) is 37.2 Å². The van der Waals surface area contributed by atoms with E-state index in [1.165, 1.54) is 4.90 Å². The molecule has 3 heterocycles. The van der Waals surface area contributed by atoms with Crippen LogP contribution in [-0.2, 0) is 11.2 Å². The molecule has 1 aromatic heterocycles.